The molecule has 7 heteroatoms. The lowest BCUT2D eigenvalue weighted by Crippen LogP contribution is -2.51. The highest BCUT2D eigenvalue weighted by molar-refractivity contribution is 5.79. The molecule has 0 radical (unpaired) electrons. The Labute approximate surface area is 148 Å². The molecule has 0 unspecified atom stereocenters. The second-order valence-corrected chi connectivity index (χ2v) is 6.00. The summed E-state index contributed by atoms with van der Waals surface area (Å²) in [7, 11) is 3.23. The Morgan fingerprint density at radius 1 is 1.04 bits per heavy atom. The highest BCUT2D eigenvalue weighted by Gasteiger charge is 2.21. The molecule has 7 nitrogen and oxygen atoms in total. The van der Waals surface area contributed by atoms with Gasteiger partial charge in [-0.1, -0.05) is 6.07 Å². The van der Waals surface area contributed by atoms with Crippen LogP contribution in [0.1, 0.15) is 12.5 Å². The Morgan fingerprint density at radius 2 is 1.68 bits per heavy atom. The zero-order valence-electron chi connectivity index (χ0n) is 15.2. The lowest BCUT2D eigenvalue weighted by molar-refractivity contribution is -0.137. The van der Waals surface area contributed by atoms with E-state index in [1.807, 2.05) is 23.1 Å². The van der Waals surface area contributed by atoms with Crippen LogP contribution in [0, 0.1) is 0 Å². The average Bonchev–Trinajstić information content (AvgIpc) is 2.64. The van der Waals surface area contributed by atoms with Crippen LogP contribution in [0.4, 0.5) is 0 Å². The number of amides is 2. The third kappa shape index (κ3) is 5.35. The first-order valence-electron chi connectivity index (χ1n) is 8.50. The van der Waals surface area contributed by atoms with Crippen LogP contribution in [0.5, 0.6) is 11.5 Å². The maximum Gasteiger partial charge on any atom is 0.236 e. The molecule has 1 N–H and O–H groups in total. The number of rotatable bonds is 7. The second-order valence-electron chi connectivity index (χ2n) is 6.00. The molecule has 0 aliphatic carbocycles. The number of hydrogen-bond donors (Lipinski definition) is 1. The first-order valence-corrected chi connectivity index (χ1v) is 8.50. The van der Waals surface area contributed by atoms with Gasteiger partial charge in [0.2, 0.25) is 11.8 Å². The number of nitrogens with one attached hydrogen (secondary N) is 1. The minimum atomic E-state index is 0.0696. The molecular weight excluding hydrogens is 322 g/mol. The molecule has 0 spiro atoms. The van der Waals surface area contributed by atoms with Gasteiger partial charge in [0, 0.05) is 33.1 Å². The van der Waals surface area contributed by atoms with Gasteiger partial charge in [0.15, 0.2) is 11.5 Å². The molecule has 1 saturated heterocycles. The van der Waals surface area contributed by atoms with E-state index in [0.29, 0.717) is 50.8 Å². The van der Waals surface area contributed by atoms with E-state index in [1.165, 1.54) is 0 Å². The maximum atomic E-state index is 12.2. The van der Waals surface area contributed by atoms with Gasteiger partial charge in [0.05, 0.1) is 20.8 Å². The summed E-state index contributed by atoms with van der Waals surface area (Å²) in [6.07, 6.45) is 0.797. The summed E-state index contributed by atoms with van der Waals surface area (Å²) < 4.78 is 10.5. The van der Waals surface area contributed by atoms with E-state index in [-0.39, 0.29) is 11.8 Å². The standard InChI is InChI=1S/C18H27N3O4/c1-14(22)20-8-10-21(11-9-20)18(23)13-19-7-6-15-4-5-16(24-2)17(12-15)25-3/h4-5,12,19H,6-11,13H2,1-3H3. The zero-order chi connectivity index (χ0) is 18.2. The maximum absolute atomic E-state index is 12.2. The molecule has 0 aromatic heterocycles. The Balaban J connectivity index is 1.71. The topological polar surface area (TPSA) is 71.1 Å². The average molecular weight is 349 g/mol. The van der Waals surface area contributed by atoms with Crippen molar-refractivity contribution < 1.29 is 19.1 Å². The summed E-state index contributed by atoms with van der Waals surface area (Å²) in [5, 5.41) is 3.19. The fraction of sp³-hybridized carbons (Fsp3) is 0.556. The van der Waals surface area contributed by atoms with Crippen molar-refractivity contribution in [2.75, 3.05) is 53.5 Å². The van der Waals surface area contributed by atoms with Gasteiger partial charge in [-0.25, -0.2) is 0 Å². The molecule has 0 atom stereocenters. The smallest absolute Gasteiger partial charge is 0.236 e. The monoisotopic (exact) mass is 349 g/mol. The number of ether oxygens (including phenoxy) is 2. The third-order valence-corrected chi connectivity index (χ3v) is 4.39. The number of nitrogens with zero attached hydrogens (tertiary/aromatic N) is 2. The van der Waals surface area contributed by atoms with Crippen LogP contribution in [0.15, 0.2) is 18.2 Å². The van der Waals surface area contributed by atoms with Gasteiger partial charge in [0.1, 0.15) is 0 Å². The Morgan fingerprint density at radius 3 is 2.28 bits per heavy atom. The molecular formula is C18H27N3O4. The first-order chi connectivity index (χ1) is 12.0. The fourth-order valence-electron chi connectivity index (χ4n) is 2.85. The third-order valence-electron chi connectivity index (χ3n) is 4.39. The summed E-state index contributed by atoms with van der Waals surface area (Å²) >= 11 is 0. The van der Waals surface area contributed by atoms with Crippen molar-refractivity contribution in [3.63, 3.8) is 0 Å². The molecule has 138 valence electrons. The van der Waals surface area contributed by atoms with Crippen LogP contribution >= 0.6 is 0 Å². The summed E-state index contributed by atoms with van der Waals surface area (Å²) in [6, 6.07) is 5.82. The van der Waals surface area contributed by atoms with E-state index < -0.39 is 0 Å². The molecule has 1 aromatic rings. The predicted molar refractivity (Wildman–Crippen MR) is 95.0 cm³/mol. The second kappa shape index (κ2) is 9.27. The van der Waals surface area contributed by atoms with Gasteiger partial charge >= 0.3 is 0 Å². The summed E-state index contributed by atoms with van der Waals surface area (Å²) in [6.45, 7) is 5.03. The van der Waals surface area contributed by atoms with E-state index in [4.69, 9.17) is 9.47 Å². The van der Waals surface area contributed by atoms with Crippen molar-refractivity contribution in [1.82, 2.24) is 15.1 Å². The number of carbonyl (C=O) groups excluding carboxylic acids is 2. The minimum absolute atomic E-state index is 0.0696. The van der Waals surface area contributed by atoms with E-state index in [0.717, 1.165) is 12.0 Å². The number of benzene rings is 1. The number of carbonyl (C=O) groups is 2. The van der Waals surface area contributed by atoms with E-state index in [2.05, 4.69) is 5.32 Å². The Bertz CT molecular complexity index is 598. The molecule has 1 aliphatic rings. The van der Waals surface area contributed by atoms with Gasteiger partial charge < -0.3 is 24.6 Å². The van der Waals surface area contributed by atoms with Crippen molar-refractivity contribution in [3.05, 3.63) is 23.8 Å². The van der Waals surface area contributed by atoms with E-state index >= 15 is 0 Å². The van der Waals surface area contributed by atoms with Gasteiger partial charge in [-0.05, 0) is 30.7 Å². The van der Waals surface area contributed by atoms with Crippen LogP contribution in [0.3, 0.4) is 0 Å². The summed E-state index contributed by atoms with van der Waals surface area (Å²) in [5.41, 5.74) is 1.12. The van der Waals surface area contributed by atoms with Crippen LogP contribution < -0.4 is 14.8 Å². The molecule has 0 bridgehead atoms. The van der Waals surface area contributed by atoms with Gasteiger partial charge in [-0.3, -0.25) is 9.59 Å². The van der Waals surface area contributed by atoms with Crippen molar-refractivity contribution in [1.29, 1.82) is 0 Å². The van der Waals surface area contributed by atoms with Gasteiger partial charge in [-0.15, -0.1) is 0 Å². The van der Waals surface area contributed by atoms with E-state index in [9.17, 15) is 9.59 Å². The van der Waals surface area contributed by atoms with Crippen molar-refractivity contribution in [2.24, 2.45) is 0 Å². The van der Waals surface area contributed by atoms with Crippen LogP contribution in [-0.4, -0.2) is 75.1 Å². The number of piperazine rings is 1. The molecule has 1 heterocycles. The molecule has 1 aliphatic heterocycles. The van der Waals surface area contributed by atoms with Gasteiger partial charge in [0.25, 0.3) is 0 Å². The quantitative estimate of drug-likeness (QED) is 0.727. The minimum Gasteiger partial charge on any atom is -0.493 e. The molecule has 2 rings (SSSR count). The van der Waals surface area contributed by atoms with Crippen molar-refractivity contribution in [2.45, 2.75) is 13.3 Å². The normalized spacial score (nSPS) is 14.4. The first kappa shape index (κ1) is 19.1. The molecule has 0 saturated carbocycles. The van der Waals surface area contributed by atoms with Crippen molar-refractivity contribution in [3.8, 4) is 11.5 Å². The summed E-state index contributed by atoms with van der Waals surface area (Å²) in [5.74, 6) is 1.56. The number of hydrogen-bond acceptors (Lipinski definition) is 5. The van der Waals surface area contributed by atoms with Crippen LogP contribution in [0.25, 0.3) is 0 Å². The predicted octanol–water partition coefficient (Wildman–Crippen LogP) is 0.527. The Kier molecular flexibility index (Phi) is 7.06. The summed E-state index contributed by atoms with van der Waals surface area (Å²) in [4.78, 5) is 27.1. The Hall–Kier alpha value is -2.28. The van der Waals surface area contributed by atoms with E-state index in [1.54, 1.807) is 26.0 Å². The molecule has 1 fully saturated rings. The zero-order valence-corrected chi connectivity index (χ0v) is 15.2. The van der Waals surface area contributed by atoms with Crippen LogP contribution in [0.2, 0.25) is 0 Å². The lowest BCUT2D eigenvalue weighted by Gasteiger charge is -2.34. The van der Waals surface area contributed by atoms with Crippen molar-refractivity contribution >= 4 is 11.8 Å². The molecule has 25 heavy (non-hydrogen) atoms. The number of methoxy groups -OCH3 is 2. The lowest BCUT2D eigenvalue weighted by atomic mass is 10.1. The largest absolute Gasteiger partial charge is 0.493 e. The van der Waals surface area contributed by atoms with Crippen LogP contribution in [-0.2, 0) is 16.0 Å². The highest BCUT2D eigenvalue weighted by atomic mass is 16.5. The molecule has 1 aromatic carbocycles. The SMILES string of the molecule is COc1ccc(CCNCC(=O)N2CCN(C(C)=O)CC2)cc1OC. The molecule has 2 amide bonds. The highest BCUT2D eigenvalue weighted by Crippen LogP contribution is 2.27. The van der Waals surface area contributed by atoms with Gasteiger partial charge in [-0.2, -0.15) is 0 Å². The fourth-order valence-corrected chi connectivity index (χ4v) is 2.85.